The largest absolute Gasteiger partial charge is 0.351 e. The zero-order chi connectivity index (χ0) is 22.4. The van der Waals surface area contributed by atoms with E-state index >= 15 is 0 Å². The van der Waals surface area contributed by atoms with Gasteiger partial charge in [0.05, 0.1) is 6.54 Å². The molecule has 2 aromatic carbocycles. The fourth-order valence-corrected chi connectivity index (χ4v) is 3.93. The maximum atomic E-state index is 12.6. The summed E-state index contributed by atoms with van der Waals surface area (Å²) in [6.45, 7) is 6.67. The van der Waals surface area contributed by atoms with E-state index in [1.165, 1.54) is 0 Å². The summed E-state index contributed by atoms with van der Waals surface area (Å²) < 4.78 is 0. The highest BCUT2D eigenvalue weighted by molar-refractivity contribution is 5.97. The van der Waals surface area contributed by atoms with Gasteiger partial charge in [-0.3, -0.25) is 24.7 Å². The van der Waals surface area contributed by atoms with E-state index in [0.29, 0.717) is 26.2 Å². The van der Waals surface area contributed by atoms with Gasteiger partial charge in [0, 0.05) is 31.9 Å². The minimum absolute atomic E-state index is 0.0584. The topological polar surface area (TPSA) is 108 Å². The molecule has 2 aromatic rings. The molecule has 0 saturated carbocycles. The van der Waals surface area contributed by atoms with Crippen LogP contribution in [0.5, 0.6) is 0 Å². The summed E-state index contributed by atoms with van der Waals surface area (Å²) in [6, 6.07) is 13.7. The number of para-hydroxylation sites is 1. The minimum atomic E-state index is -0.868. The van der Waals surface area contributed by atoms with Gasteiger partial charge in [0.15, 0.2) is 0 Å². The molecule has 1 atom stereocenters. The number of anilines is 1. The summed E-state index contributed by atoms with van der Waals surface area (Å²) >= 11 is 0. The molecule has 8 heteroatoms. The lowest BCUT2D eigenvalue weighted by atomic mass is 10.0. The van der Waals surface area contributed by atoms with Gasteiger partial charge < -0.3 is 11.1 Å². The molecule has 0 aromatic heterocycles. The molecule has 3 rings (SSSR count). The molecule has 1 saturated heterocycles. The number of primary amides is 1. The minimum Gasteiger partial charge on any atom is -0.351 e. The number of hydrogen-bond donors (Lipinski definition) is 3. The van der Waals surface area contributed by atoms with Gasteiger partial charge in [-0.1, -0.05) is 48.5 Å². The summed E-state index contributed by atoms with van der Waals surface area (Å²) in [7, 11) is 0. The lowest BCUT2D eigenvalue weighted by Gasteiger charge is -2.38. The van der Waals surface area contributed by atoms with Crippen LogP contribution >= 0.6 is 0 Å². The van der Waals surface area contributed by atoms with E-state index in [1.807, 2.05) is 67.3 Å². The SMILES string of the molecule is Cc1cccc(C)c1NC(=O)CN1CCN(C(C(=O)NC(N)=O)c2ccccc2)CC1. The normalized spacial score (nSPS) is 15.8. The molecule has 1 aliphatic heterocycles. The van der Waals surface area contributed by atoms with E-state index < -0.39 is 18.0 Å². The van der Waals surface area contributed by atoms with Gasteiger partial charge in [-0.2, -0.15) is 0 Å². The van der Waals surface area contributed by atoms with Gasteiger partial charge >= 0.3 is 6.03 Å². The molecule has 1 fully saturated rings. The van der Waals surface area contributed by atoms with Gasteiger partial charge in [-0.05, 0) is 30.5 Å². The lowest BCUT2D eigenvalue weighted by Crippen LogP contribution is -2.53. The maximum Gasteiger partial charge on any atom is 0.318 e. The van der Waals surface area contributed by atoms with Gasteiger partial charge in [-0.15, -0.1) is 0 Å². The number of amides is 4. The Hall–Kier alpha value is -3.23. The molecule has 0 aliphatic carbocycles. The molecule has 1 unspecified atom stereocenters. The first-order valence-corrected chi connectivity index (χ1v) is 10.3. The number of rotatable bonds is 6. The molecule has 164 valence electrons. The van der Waals surface area contributed by atoms with E-state index in [4.69, 9.17) is 5.73 Å². The molecular formula is C23H29N5O3. The number of benzene rings is 2. The number of urea groups is 1. The molecule has 1 aliphatic rings. The van der Waals surface area contributed by atoms with Gasteiger partial charge in [0.25, 0.3) is 0 Å². The van der Waals surface area contributed by atoms with E-state index in [2.05, 4.69) is 15.5 Å². The molecule has 4 N–H and O–H groups in total. The van der Waals surface area contributed by atoms with Crippen molar-refractivity contribution in [3.05, 3.63) is 65.2 Å². The van der Waals surface area contributed by atoms with Crippen molar-refractivity contribution < 1.29 is 14.4 Å². The molecular weight excluding hydrogens is 394 g/mol. The average Bonchev–Trinajstić information content (AvgIpc) is 2.72. The van der Waals surface area contributed by atoms with Crippen LogP contribution in [0.1, 0.15) is 22.7 Å². The van der Waals surface area contributed by atoms with Crippen molar-refractivity contribution in [1.82, 2.24) is 15.1 Å². The third-order valence-electron chi connectivity index (χ3n) is 5.49. The van der Waals surface area contributed by atoms with Gasteiger partial charge in [-0.25, -0.2) is 4.79 Å². The molecule has 8 nitrogen and oxygen atoms in total. The van der Waals surface area contributed by atoms with Crippen LogP contribution in [0.15, 0.2) is 48.5 Å². The zero-order valence-electron chi connectivity index (χ0n) is 17.9. The van der Waals surface area contributed by atoms with Crippen LogP contribution in [-0.4, -0.2) is 60.4 Å². The third-order valence-corrected chi connectivity index (χ3v) is 5.49. The van der Waals surface area contributed by atoms with Crippen LogP contribution in [0.25, 0.3) is 0 Å². The standard InChI is InChI=1S/C23H29N5O3/c1-16-7-6-8-17(2)20(16)25-19(29)15-27-11-13-28(14-12-27)21(22(30)26-23(24)31)18-9-4-3-5-10-18/h3-10,21H,11-15H2,1-2H3,(H,25,29)(H3,24,26,30,31). The summed E-state index contributed by atoms with van der Waals surface area (Å²) in [5.74, 6) is -0.503. The smallest absolute Gasteiger partial charge is 0.318 e. The van der Waals surface area contributed by atoms with Crippen LogP contribution < -0.4 is 16.4 Å². The maximum absolute atomic E-state index is 12.6. The summed E-state index contributed by atoms with van der Waals surface area (Å²) in [6.07, 6.45) is 0. The summed E-state index contributed by atoms with van der Waals surface area (Å²) in [5, 5.41) is 5.22. The molecule has 0 bridgehead atoms. The first-order valence-electron chi connectivity index (χ1n) is 10.3. The molecule has 31 heavy (non-hydrogen) atoms. The number of hydrogen-bond acceptors (Lipinski definition) is 5. The fraction of sp³-hybridized carbons (Fsp3) is 0.348. The van der Waals surface area contributed by atoms with Crippen molar-refractivity contribution in [2.45, 2.75) is 19.9 Å². The number of imide groups is 1. The second kappa shape index (κ2) is 10.2. The number of carbonyl (C=O) groups is 3. The first kappa shape index (κ1) is 22.5. The molecule has 0 radical (unpaired) electrons. The Morgan fingerprint density at radius 2 is 1.55 bits per heavy atom. The predicted molar refractivity (Wildman–Crippen MR) is 119 cm³/mol. The van der Waals surface area contributed by atoms with Crippen LogP contribution in [0.4, 0.5) is 10.5 Å². The Bertz CT molecular complexity index is 919. The van der Waals surface area contributed by atoms with E-state index in [1.54, 1.807) is 0 Å². The summed E-state index contributed by atoms with van der Waals surface area (Å²) in [5.41, 5.74) is 8.88. The van der Waals surface area contributed by atoms with Crippen molar-refractivity contribution in [3.8, 4) is 0 Å². The third kappa shape index (κ3) is 5.90. The van der Waals surface area contributed by atoms with Crippen LogP contribution in [-0.2, 0) is 9.59 Å². The van der Waals surface area contributed by atoms with Crippen molar-refractivity contribution in [3.63, 3.8) is 0 Å². The number of nitrogens with one attached hydrogen (secondary N) is 2. The highest BCUT2D eigenvalue weighted by atomic mass is 16.2. The Balaban J connectivity index is 1.61. The lowest BCUT2D eigenvalue weighted by molar-refractivity contribution is -0.127. The highest BCUT2D eigenvalue weighted by Gasteiger charge is 2.31. The Morgan fingerprint density at radius 3 is 2.13 bits per heavy atom. The Kier molecular flexibility index (Phi) is 7.38. The van der Waals surface area contributed by atoms with E-state index in [-0.39, 0.29) is 12.5 Å². The van der Waals surface area contributed by atoms with Crippen LogP contribution in [0.2, 0.25) is 0 Å². The van der Waals surface area contributed by atoms with Crippen molar-refractivity contribution in [1.29, 1.82) is 0 Å². The first-order chi connectivity index (χ1) is 14.8. The van der Waals surface area contributed by atoms with Crippen LogP contribution in [0, 0.1) is 13.8 Å². The number of aryl methyl sites for hydroxylation is 2. The average molecular weight is 424 g/mol. The molecule has 0 spiro atoms. The second-order valence-corrected chi connectivity index (χ2v) is 7.79. The van der Waals surface area contributed by atoms with E-state index in [0.717, 1.165) is 22.4 Å². The number of nitrogens with two attached hydrogens (primary N) is 1. The van der Waals surface area contributed by atoms with Crippen molar-refractivity contribution >= 4 is 23.5 Å². The zero-order valence-corrected chi connectivity index (χ0v) is 17.9. The van der Waals surface area contributed by atoms with Gasteiger partial charge in [0.2, 0.25) is 11.8 Å². The number of piperazine rings is 1. The number of nitrogens with zero attached hydrogens (tertiary/aromatic N) is 2. The monoisotopic (exact) mass is 423 g/mol. The Labute approximate surface area is 182 Å². The van der Waals surface area contributed by atoms with Crippen LogP contribution in [0.3, 0.4) is 0 Å². The van der Waals surface area contributed by atoms with Crippen molar-refractivity contribution in [2.24, 2.45) is 5.73 Å². The quantitative estimate of drug-likeness (QED) is 0.657. The fourth-order valence-electron chi connectivity index (χ4n) is 3.93. The van der Waals surface area contributed by atoms with Gasteiger partial charge in [0.1, 0.15) is 6.04 Å². The number of carbonyl (C=O) groups excluding carboxylic acids is 3. The molecule has 1 heterocycles. The summed E-state index contributed by atoms with van der Waals surface area (Å²) in [4.78, 5) is 40.5. The predicted octanol–water partition coefficient (Wildman–Crippen LogP) is 1.80. The van der Waals surface area contributed by atoms with Crippen molar-refractivity contribution in [2.75, 3.05) is 38.0 Å². The second-order valence-electron chi connectivity index (χ2n) is 7.79. The molecule has 4 amide bonds. The van der Waals surface area contributed by atoms with E-state index in [9.17, 15) is 14.4 Å². The Morgan fingerprint density at radius 1 is 0.935 bits per heavy atom. The highest BCUT2D eigenvalue weighted by Crippen LogP contribution is 2.23.